The summed E-state index contributed by atoms with van der Waals surface area (Å²) < 4.78 is 1.70. The van der Waals surface area contributed by atoms with Crippen LogP contribution >= 0.6 is 11.6 Å². The van der Waals surface area contributed by atoms with E-state index in [1.54, 1.807) is 23.3 Å². The molecule has 21 heavy (non-hydrogen) atoms. The first-order chi connectivity index (χ1) is 10.0. The third-order valence-corrected chi connectivity index (χ3v) is 3.40. The average Bonchev–Trinajstić information content (AvgIpc) is 2.90. The highest BCUT2D eigenvalue weighted by molar-refractivity contribution is 6.28. The highest BCUT2D eigenvalue weighted by Crippen LogP contribution is 2.26. The fourth-order valence-electron chi connectivity index (χ4n) is 2.48. The molecule has 3 aromatic rings. The molecule has 6 heteroatoms. The number of hydrogen-bond donors (Lipinski definition) is 0. The fraction of sp³-hybridized carbons (Fsp3) is 0.200. The molecule has 3 rings (SSSR count). The Kier molecular flexibility index (Phi) is 3.43. The summed E-state index contributed by atoms with van der Waals surface area (Å²) in [6, 6.07) is 4.22. The summed E-state index contributed by atoms with van der Waals surface area (Å²) in [7, 11) is 0. The SMILES string of the molecule is Cc1cc(C)c(-c2nc(Cl)nc(-n3ccnc3)n2)c(C)c1. The van der Waals surface area contributed by atoms with Crippen molar-refractivity contribution in [2.75, 3.05) is 0 Å². The maximum atomic E-state index is 6.06. The zero-order valence-corrected chi connectivity index (χ0v) is 12.8. The zero-order chi connectivity index (χ0) is 15.0. The van der Waals surface area contributed by atoms with E-state index in [4.69, 9.17) is 11.6 Å². The molecule has 2 aromatic heterocycles. The number of halogens is 1. The quantitative estimate of drug-likeness (QED) is 0.728. The standard InChI is InChI=1S/C15H14ClN5/c1-9-6-10(2)12(11(3)7-9)13-18-14(16)20-15(19-13)21-5-4-17-8-21/h4-8H,1-3H3. The van der Waals surface area contributed by atoms with E-state index in [1.807, 2.05) is 13.8 Å². The second kappa shape index (κ2) is 5.26. The van der Waals surface area contributed by atoms with Gasteiger partial charge < -0.3 is 0 Å². The van der Waals surface area contributed by atoms with Crippen LogP contribution in [0.1, 0.15) is 16.7 Å². The third-order valence-electron chi connectivity index (χ3n) is 3.23. The van der Waals surface area contributed by atoms with Gasteiger partial charge in [-0.2, -0.15) is 15.0 Å². The summed E-state index contributed by atoms with van der Waals surface area (Å²) in [4.78, 5) is 16.9. The van der Waals surface area contributed by atoms with Crippen molar-refractivity contribution < 1.29 is 0 Å². The van der Waals surface area contributed by atoms with Crippen molar-refractivity contribution in [3.05, 3.63) is 52.8 Å². The van der Waals surface area contributed by atoms with Crippen molar-refractivity contribution in [2.45, 2.75) is 20.8 Å². The van der Waals surface area contributed by atoms with Crippen molar-refractivity contribution in [1.82, 2.24) is 24.5 Å². The van der Waals surface area contributed by atoms with E-state index in [-0.39, 0.29) is 5.28 Å². The highest BCUT2D eigenvalue weighted by atomic mass is 35.5. The lowest BCUT2D eigenvalue weighted by molar-refractivity contribution is 0.898. The molecule has 0 N–H and O–H groups in total. The van der Waals surface area contributed by atoms with Gasteiger partial charge in [0, 0.05) is 18.0 Å². The fourth-order valence-corrected chi connectivity index (χ4v) is 2.63. The van der Waals surface area contributed by atoms with Crippen molar-refractivity contribution in [2.24, 2.45) is 0 Å². The molecule has 0 radical (unpaired) electrons. The summed E-state index contributed by atoms with van der Waals surface area (Å²) in [5, 5.41) is 0.170. The van der Waals surface area contributed by atoms with Gasteiger partial charge in [-0.15, -0.1) is 0 Å². The van der Waals surface area contributed by atoms with Gasteiger partial charge in [0.15, 0.2) is 5.82 Å². The molecule has 1 aromatic carbocycles. The molecular weight excluding hydrogens is 286 g/mol. The van der Waals surface area contributed by atoms with Crippen molar-refractivity contribution in [3.8, 4) is 17.3 Å². The third kappa shape index (κ3) is 2.64. The van der Waals surface area contributed by atoms with Gasteiger partial charge in [0.2, 0.25) is 11.2 Å². The lowest BCUT2D eigenvalue weighted by Crippen LogP contribution is -2.04. The number of rotatable bonds is 2. The van der Waals surface area contributed by atoms with Crippen LogP contribution in [0.25, 0.3) is 17.3 Å². The van der Waals surface area contributed by atoms with Gasteiger partial charge in [0.25, 0.3) is 0 Å². The van der Waals surface area contributed by atoms with Crippen molar-refractivity contribution >= 4 is 11.6 Å². The lowest BCUT2D eigenvalue weighted by Gasteiger charge is -2.11. The molecule has 0 saturated heterocycles. The summed E-state index contributed by atoms with van der Waals surface area (Å²) in [6.07, 6.45) is 5.06. The second-order valence-electron chi connectivity index (χ2n) is 4.97. The Morgan fingerprint density at radius 3 is 2.33 bits per heavy atom. The molecule has 0 atom stereocenters. The minimum atomic E-state index is 0.170. The topological polar surface area (TPSA) is 56.5 Å². The molecule has 0 amide bonds. The Morgan fingerprint density at radius 1 is 1.00 bits per heavy atom. The molecule has 0 unspecified atom stereocenters. The molecule has 5 nitrogen and oxygen atoms in total. The van der Waals surface area contributed by atoms with Gasteiger partial charge >= 0.3 is 0 Å². The van der Waals surface area contributed by atoms with E-state index in [0.29, 0.717) is 11.8 Å². The highest BCUT2D eigenvalue weighted by Gasteiger charge is 2.13. The van der Waals surface area contributed by atoms with Gasteiger partial charge in [0.1, 0.15) is 6.33 Å². The maximum Gasteiger partial charge on any atom is 0.239 e. The smallest absolute Gasteiger partial charge is 0.239 e. The maximum absolute atomic E-state index is 6.06. The summed E-state index contributed by atoms with van der Waals surface area (Å²) in [5.74, 6) is 1.04. The Balaban J connectivity index is 2.20. The molecule has 0 saturated carbocycles. The average molecular weight is 300 g/mol. The van der Waals surface area contributed by atoms with Gasteiger partial charge in [-0.3, -0.25) is 4.57 Å². The molecule has 0 bridgehead atoms. The van der Waals surface area contributed by atoms with E-state index in [0.717, 1.165) is 16.7 Å². The monoisotopic (exact) mass is 299 g/mol. The number of nitrogens with zero attached hydrogens (tertiary/aromatic N) is 5. The molecule has 106 valence electrons. The minimum absolute atomic E-state index is 0.170. The van der Waals surface area contributed by atoms with Gasteiger partial charge in [-0.1, -0.05) is 17.7 Å². The molecule has 0 aliphatic heterocycles. The molecule has 0 aliphatic rings. The van der Waals surface area contributed by atoms with E-state index in [1.165, 1.54) is 5.56 Å². The van der Waals surface area contributed by atoms with Gasteiger partial charge in [-0.05, 0) is 43.5 Å². The van der Waals surface area contributed by atoms with Gasteiger partial charge in [0.05, 0.1) is 0 Å². The van der Waals surface area contributed by atoms with Crippen LogP contribution in [0.4, 0.5) is 0 Å². The second-order valence-corrected chi connectivity index (χ2v) is 5.31. The molecule has 0 aliphatic carbocycles. The molecule has 2 heterocycles. The van der Waals surface area contributed by atoms with E-state index < -0.39 is 0 Å². The minimum Gasteiger partial charge on any atom is -0.274 e. The first-order valence-electron chi connectivity index (χ1n) is 6.53. The summed E-state index contributed by atoms with van der Waals surface area (Å²) >= 11 is 6.06. The van der Waals surface area contributed by atoms with E-state index in [9.17, 15) is 0 Å². The van der Waals surface area contributed by atoms with Crippen LogP contribution in [0.15, 0.2) is 30.9 Å². The summed E-state index contributed by atoms with van der Waals surface area (Å²) in [6.45, 7) is 6.16. The molecule has 0 spiro atoms. The number of aryl methyl sites for hydroxylation is 3. The number of imidazole rings is 1. The van der Waals surface area contributed by atoms with Crippen LogP contribution < -0.4 is 0 Å². The number of aromatic nitrogens is 5. The Morgan fingerprint density at radius 2 is 1.71 bits per heavy atom. The first-order valence-corrected chi connectivity index (χ1v) is 6.90. The largest absolute Gasteiger partial charge is 0.274 e. The van der Waals surface area contributed by atoms with E-state index in [2.05, 4.69) is 39.0 Å². The number of benzene rings is 1. The van der Waals surface area contributed by atoms with Crippen LogP contribution in [-0.4, -0.2) is 24.5 Å². The first kappa shape index (κ1) is 13.7. The van der Waals surface area contributed by atoms with Crippen LogP contribution in [0, 0.1) is 20.8 Å². The van der Waals surface area contributed by atoms with Crippen LogP contribution in [-0.2, 0) is 0 Å². The molecular formula is C15H14ClN5. The van der Waals surface area contributed by atoms with Crippen molar-refractivity contribution in [1.29, 1.82) is 0 Å². The predicted octanol–water partition coefficient (Wildman–Crippen LogP) is 3.30. The normalized spacial score (nSPS) is 10.9. The number of hydrogen-bond acceptors (Lipinski definition) is 4. The summed E-state index contributed by atoms with van der Waals surface area (Å²) in [5.41, 5.74) is 4.44. The Labute approximate surface area is 127 Å². The van der Waals surface area contributed by atoms with E-state index >= 15 is 0 Å². The van der Waals surface area contributed by atoms with Crippen molar-refractivity contribution in [3.63, 3.8) is 0 Å². The Hall–Kier alpha value is -2.27. The van der Waals surface area contributed by atoms with Crippen LogP contribution in [0.3, 0.4) is 0 Å². The Bertz CT molecular complexity index is 773. The lowest BCUT2D eigenvalue weighted by atomic mass is 9.99. The van der Waals surface area contributed by atoms with Crippen LogP contribution in [0.5, 0.6) is 0 Å². The zero-order valence-electron chi connectivity index (χ0n) is 12.0. The van der Waals surface area contributed by atoms with Gasteiger partial charge in [-0.25, -0.2) is 4.98 Å². The predicted molar refractivity (Wildman–Crippen MR) is 81.6 cm³/mol. The molecule has 0 fully saturated rings. The van der Waals surface area contributed by atoms with Crippen LogP contribution in [0.2, 0.25) is 5.28 Å².